The first-order chi connectivity index (χ1) is 12.8. The summed E-state index contributed by atoms with van der Waals surface area (Å²) in [7, 11) is 0. The third-order valence-electron chi connectivity index (χ3n) is 5.63. The van der Waals surface area contributed by atoms with Gasteiger partial charge in [0.1, 0.15) is 0 Å². The zero-order valence-corrected chi connectivity index (χ0v) is 15.6. The fourth-order valence-corrected chi connectivity index (χ4v) is 4.94. The van der Waals surface area contributed by atoms with Gasteiger partial charge in [-0.25, -0.2) is 4.68 Å². The maximum atomic E-state index is 12.3. The van der Waals surface area contributed by atoms with E-state index in [4.69, 9.17) is 0 Å². The third kappa shape index (κ3) is 3.13. The van der Waals surface area contributed by atoms with Crippen molar-refractivity contribution in [1.29, 1.82) is 0 Å². The maximum absolute atomic E-state index is 12.3. The van der Waals surface area contributed by atoms with E-state index < -0.39 is 0 Å². The van der Waals surface area contributed by atoms with Crippen LogP contribution in [0.1, 0.15) is 48.6 Å². The molecular formula is C19H23N5OS. The molecule has 1 atom stereocenters. The maximum Gasteiger partial charge on any atom is 0.266 e. The van der Waals surface area contributed by atoms with Crippen molar-refractivity contribution in [2.45, 2.75) is 56.4 Å². The van der Waals surface area contributed by atoms with Crippen molar-refractivity contribution >= 4 is 17.6 Å². The molecule has 0 radical (unpaired) electrons. The summed E-state index contributed by atoms with van der Waals surface area (Å²) in [4.78, 5) is 14.6. The molecule has 0 N–H and O–H groups in total. The van der Waals surface area contributed by atoms with E-state index in [1.54, 1.807) is 10.7 Å². The molecule has 6 nitrogen and oxygen atoms in total. The lowest BCUT2D eigenvalue weighted by atomic mass is 10.1. The van der Waals surface area contributed by atoms with Crippen LogP contribution in [-0.2, 0) is 18.7 Å². The van der Waals surface area contributed by atoms with Crippen LogP contribution in [0.25, 0.3) is 0 Å². The van der Waals surface area contributed by atoms with Gasteiger partial charge in [-0.15, -0.1) is 5.10 Å². The van der Waals surface area contributed by atoms with Gasteiger partial charge in [-0.1, -0.05) is 0 Å². The molecule has 1 aliphatic carbocycles. The molecule has 1 unspecified atom stereocenters. The summed E-state index contributed by atoms with van der Waals surface area (Å²) in [6.45, 7) is 1.61. The summed E-state index contributed by atoms with van der Waals surface area (Å²) in [6, 6.07) is 6.05. The molecule has 2 fully saturated rings. The fourth-order valence-electron chi connectivity index (χ4n) is 3.99. The highest BCUT2D eigenvalue weighted by atomic mass is 32.2. The molecule has 26 heavy (non-hydrogen) atoms. The number of thioether (sulfide) groups is 1. The number of hydrogen-bond donors (Lipinski definition) is 0. The molecule has 136 valence electrons. The van der Waals surface area contributed by atoms with Crippen molar-refractivity contribution in [1.82, 2.24) is 20.0 Å². The smallest absolute Gasteiger partial charge is 0.266 e. The van der Waals surface area contributed by atoms with E-state index in [1.807, 2.05) is 17.8 Å². The van der Waals surface area contributed by atoms with Gasteiger partial charge in [0.25, 0.3) is 5.56 Å². The molecule has 5 rings (SSSR count). The molecule has 0 bridgehead atoms. The summed E-state index contributed by atoms with van der Waals surface area (Å²) in [6.07, 6.45) is 5.60. The average molecular weight is 369 g/mol. The van der Waals surface area contributed by atoms with Crippen LogP contribution in [0.15, 0.2) is 23.0 Å². The van der Waals surface area contributed by atoms with Crippen molar-refractivity contribution in [2.75, 3.05) is 17.2 Å². The lowest BCUT2D eigenvalue weighted by Gasteiger charge is -2.26. The van der Waals surface area contributed by atoms with E-state index in [0.29, 0.717) is 12.5 Å². The molecule has 2 aliphatic heterocycles. The molecule has 2 aromatic heterocycles. The molecular weight excluding hydrogens is 346 g/mol. The minimum absolute atomic E-state index is 0.00539. The molecule has 1 saturated carbocycles. The van der Waals surface area contributed by atoms with Crippen LogP contribution in [-0.4, -0.2) is 38.3 Å². The zero-order chi connectivity index (χ0) is 17.5. The van der Waals surface area contributed by atoms with Crippen LogP contribution in [0.4, 0.5) is 5.82 Å². The van der Waals surface area contributed by atoms with Crippen LogP contribution >= 0.6 is 11.8 Å². The molecule has 4 heterocycles. The van der Waals surface area contributed by atoms with Crippen molar-refractivity contribution in [3.05, 3.63) is 45.5 Å². The third-order valence-corrected chi connectivity index (χ3v) is 6.63. The molecule has 3 aliphatic rings. The van der Waals surface area contributed by atoms with Gasteiger partial charge in [-0.3, -0.25) is 4.79 Å². The van der Waals surface area contributed by atoms with Crippen molar-refractivity contribution in [2.24, 2.45) is 0 Å². The van der Waals surface area contributed by atoms with Crippen LogP contribution in [0.5, 0.6) is 0 Å². The minimum atomic E-state index is -0.00539. The molecule has 1 saturated heterocycles. The van der Waals surface area contributed by atoms with E-state index >= 15 is 0 Å². The lowest BCUT2D eigenvalue weighted by molar-refractivity contribution is 0.480. The minimum Gasteiger partial charge on any atom is -0.350 e. The monoisotopic (exact) mass is 369 g/mol. The topological polar surface area (TPSA) is 63.9 Å². The second-order valence-electron chi connectivity index (χ2n) is 7.52. The summed E-state index contributed by atoms with van der Waals surface area (Å²) in [5.74, 6) is 3.69. The number of rotatable bonds is 4. The Balaban J connectivity index is 1.39. The van der Waals surface area contributed by atoms with E-state index in [-0.39, 0.29) is 11.6 Å². The second-order valence-corrected chi connectivity index (χ2v) is 8.62. The largest absolute Gasteiger partial charge is 0.350 e. The highest BCUT2D eigenvalue weighted by Gasteiger charge is 2.29. The standard InChI is InChI=1S/C19H23N5OS/c25-19-6-5-17(13-3-4-13)22-24(19)11-15-2-1-8-23(15)18-10-14-12-26-9-7-16(14)20-21-18/h5-6,10,13,15H,1-4,7-9,11-12H2. The predicted molar refractivity (Wildman–Crippen MR) is 103 cm³/mol. The lowest BCUT2D eigenvalue weighted by Crippen LogP contribution is -2.38. The molecule has 0 amide bonds. The quantitative estimate of drug-likeness (QED) is 0.824. The van der Waals surface area contributed by atoms with Gasteiger partial charge in [0.05, 0.1) is 24.0 Å². The average Bonchev–Trinajstić information content (AvgIpc) is 3.42. The Morgan fingerprint density at radius 2 is 2.12 bits per heavy atom. The molecule has 0 spiro atoms. The number of aromatic nitrogens is 4. The van der Waals surface area contributed by atoms with Crippen molar-refractivity contribution in [3.8, 4) is 0 Å². The Hall–Kier alpha value is -1.89. The first kappa shape index (κ1) is 16.3. The van der Waals surface area contributed by atoms with Crippen molar-refractivity contribution in [3.63, 3.8) is 0 Å². The van der Waals surface area contributed by atoms with E-state index in [1.165, 1.54) is 18.4 Å². The SMILES string of the molecule is O=c1ccc(C2CC2)nn1CC1CCCN1c1cc2c(nn1)CCSC2. The second kappa shape index (κ2) is 6.68. The van der Waals surface area contributed by atoms with Crippen LogP contribution in [0.3, 0.4) is 0 Å². The van der Waals surface area contributed by atoms with Gasteiger partial charge in [-0.2, -0.15) is 22.0 Å². The Morgan fingerprint density at radius 3 is 3.00 bits per heavy atom. The van der Waals surface area contributed by atoms with Gasteiger partial charge >= 0.3 is 0 Å². The molecule has 2 aromatic rings. The highest BCUT2D eigenvalue weighted by molar-refractivity contribution is 7.98. The first-order valence-electron chi connectivity index (χ1n) is 9.56. The van der Waals surface area contributed by atoms with Gasteiger partial charge in [-0.05, 0) is 49.1 Å². The summed E-state index contributed by atoms with van der Waals surface area (Å²) >= 11 is 1.96. The van der Waals surface area contributed by atoms with E-state index in [9.17, 15) is 4.79 Å². The summed E-state index contributed by atoms with van der Waals surface area (Å²) in [5, 5.41) is 13.6. The van der Waals surface area contributed by atoms with Crippen LogP contribution in [0.2, 0.25) is 0 Å². The zero-order valence-electron chi connectivity index (χ0n) is 14.8. The van der Waals surface area contributed by atoms with Crippen molar-refractivity contribution < 1.29 is 0 Å². The fraction of sp³-hybridized carbons (Fsp3) is 0.579. The number of aryl methyl sites for hydroxylation is 1. The van der Waals surface area contributed by atoms with E-state index in [2.05, 4.69) is 26.3 Å². The van der Waals surface area contributed by atoms with Crippen LogP contribution < -0.4 is 10.5 Å². The Morgan fingerprint density at radius 1 is 1.19 bits per heavy atom. The van der Waals surface area contributed by atoms with Gasteiger partial charge in [0.15, 0.2) is 5.82 Å². The number of nitrogens with zero attached hydrogens (tertiary/aromatic N) is 5. The predicted octanol–water partition coefficient (Wildman–Crippen LogP) is 2.37. The Kier molecular flexibility index (Phi) is 4.19. The summed E-state index contributed by atoms with van der Waals surface area (Å²) in [5.41, 5.74) is 3.54. The number of hydrogen-bond acceptors (Lipinski definition) is 6. The van der Waals surface area contributed by atoms with Gasteiger partial charge in [0, 0.05) is 30.7 Å². The Bertz CT molecular complexity index is 878. The van der Waals surface area contributed by atoms with Gasteiger partial charge < -0.3 is 4.90 Å². The molecule has 7 heteroatoms. The summed E-state index contributed by atoms with van der Waals surface area (Å²) < 4.78 is 1.67. The first-order valence-corrected chi connectivity index (χ1v) is 10.7. The number of fused-ring (bicyclic) bond motifs is 1. The number of anilines is 1. The molecule has 0 aromatic carbocycles. The highest BCUT2D eigenvalue weighted by Crippen LogP contribution is 2.38. The van der Waals surface area contributed by atoms with Crippen LogP contribution in [0, 0.1) is 0 Å². The Labute approximate surface area is 157 Å². The van der Waals surface area contributed by atoms with E-state index in [0.717, 1.165) is 54.5 Å². The van der Waals surface area contributed by atoms with Gasteiger partial charge in [0.2, 0.25) is 0 Å². The normalized spacial score (nSPS) is 22.5.